The van der Waals surface area contributed by atoms with Crippen LogP contribution in [0.5, 0.6) is 0 Å². The SMILES string of the molecule is C.CCn1ncc2c(NC3CCN(C)CC3)c(C(C)=O)cnc21.CCn1ncc2c(NC3CCNCC3)c(C(C)=O)cnc21. The molecule has 6 heterocycles. The number of ketones is 2. The summed E-state index contributed by atoms with van der Waals surface area (Å²) in [5.41, 5.74) is 4.76. The Morgan fingerprint density at radius 2 is 1.20 bits per heavy atom. The fourth-order valence-electron chi connectivity index (χ4n) is 5.89. The molecule has 6 rings (SSSR count). The van der Waals surface area contributed by atoms with Crippen molar-refractivity contribution in [3.05, 3.63) is 35.9 Å². The van der Waals surface area contributed by atoms with Crippen molar-refractivity contribution in [1.29, 1.82) is 0 Å². The van der Waals surface area contributed by atoms with Gasteiger partial charge in [0, 0.05) is 37.6 Å². The summed E-state index contributed by atoms with van der Waals surface area (Å²) in [6, 6.07) is 0.782. The Hall–Kier alpha value is -3.90. The predicted molar refractivity (Wildman–Crippen MR) is 177 cm³/mol. The third-order valence-electron chi connectivity index (χ3n) is 8.44. The van der Waals surface area contributed by atoms with E-state index in [1.165, 1.54) is 0 Å². The number of hydrogen-bond acceptors (Lipinski definition) is 10. The van der Waals surface area contributed by atoms with Gasteiger partial charge in [-0.3, -0.25) is 9.59 Å². The summed E-state index contributed by atoms with van der Waals surface area (Å²) in [5.74, 6) is 0.0687. The van der Waals surface area contributed by atoms with Gasteiger partial charge in [-0.1, -0.05) is 7.43 Å². The van der Waals surface area contributed by atoms with Gasteiger partial charge in [0.15, 0.2) is 22.9 Å². The zero-order valence-electron chi connectivity index (χ0n) is 26.0. The van der Waals surface area contributed by atoms with Crippen LogP contribution in [0.3, 0.4) is 0 Å². The van der Waals surface area contributed by atoms with Crippen molar-refractivity contribution in [1.82, 2.24) is 39.7 Å². The molecule has 0 radical (unpaired) electrons. The predicted octanol–water partition coefficient (Wildman–Crippen LogP) is 4.61. The van der Waals surface area contributed by atoms with Crippen LogP contribution in [0.1, 0.15) is 81.5 Å². The molecule has 0 aliphatic carbocycles. The van der Waals surface area contributed by atoms with Crippen LogP contribution in [0.2, 0.25) is 0 Å². The van der Waals surface area contributed by atoms with Gasteiger partial charge in [0.1, 0.15) is 0 Å². The second-order valence-corrected chi connectivity index (χ2v) is 11.5. The molecule has 12 nitrogen and oxygen atoms in total. The Bertz CT molecular complexity index is 1580. The number of likely N-dealkylation sites (tertiary alicyclic amines) is 1. The summed E-state index contributed by atoms with van der Waals surface area (Å²) in [5, 5.41) is 21.1. The molecule has 0 unspecified atom stereocenters. The average Bonchev–Trinajstić information content (AvgIpc) is 3.63. The highest BCUT2D eigenvalue weighted by atomic mass is 16.1. The van der Waals surface area contributed by atoms with Gasteiger partial charge in [0.25, 0.3) is 0 Å². The lowest BCUT2D eigenvalue weighted by Crippen LogP contribution is -2.37. The molecule has 238 valence electrons. The van der Waals surface area contributed by atoms with Crippen molar-refractivity contribution < 1.29 is 9.59 Å². The highest BCUT2D eigenvalue weighted by Gasteiger charge is 2.22. The van der Waals surface area contributed by atoms with Gasteiger partial charge < -0.3 is 20.9 Å². The number of rotatable bonds is 8. The zero-order valence-corrected chi connectivity index (χ0v) is 26.0. The highest BCUT2D eigenvalue weighted by molar-refractivity contribution is 6.07. The van der Waals surface area contributed by atoms with Crippen LogP contribution < -0.4 is 16.0 Å². The van der Waals surface area contributed by atoms with E-state index in [0.717, 1.165) is 98.4 Å². The number of Topliss-reactive ketones (excluding diaryl/α,β-unsaturated/α-hetero) is 2. The number of pyridine rings is 2. The standard InChI is InChI=1S/C16H23N5O.C15H21N5O.CH4/c1-4-21-16-14(10-18-21)15(13(9-17-16)11(2)22)19-12-5-7-20(3)8-6-12;1-3-20-15-13(9-18-20)14(12(8-17-15)10(2)21)19-11-4-6-16-7-5-11;/h9-10,12H,4-8H2,1-3H3,(H,17,19);8-9,11,16H,3-7H2,1-2H3,(H,17,19);1H4. The number of aromatic nitrogens is 6. The summed E-state index contributed by atoms with van der Waals surface area (Å²) in [6.45, 7) is 13.0. The lowest BCUT2D eigenvalue weighted by molar-refractivity contribution is 0.100. The van der Waals surface area contributed by atoms with Gasteiger partial charge in [-0.2, -0.15) is 10.2 Å². The fraction of sp³-hybridized carbons (Fsp3) is 0.562. The highest BCUT2D eigenvalue weighted by Crippen LogP contribution is 2.30. The molecular weight excluding hydrogens is 556 g/mol. The van der Waals surface area contributed by atoms with Gasteiger partial charge in [-0.25, -0.2) is 19.3 Å². The van der Waals surface area contributed by atoms with E-state index in [-0.39, 0.29) is 19.0 Å². The molecule has 2 fully saturated rings. The van der Waals surface area contributed by atoms with Crippen LogP contribution in [-0.2, 0) is 13.1 Å². The zero-order chi connectivity index (χ0) is 30.5. The second-order valence-electron chi connectivity index (χ2n) is 11.5. The van der Waals surface area contributed by atoms with Crippen LogP contribution in [0.4, 0.5) is 11.4 Å². The van der Waals surface area contributed by atoms with E-state index in [2.05, 4.69) is 48.1 Å². The minimum absolute atomic E-state index is 0. The molecule has 0 spiro atoms. The topological polar surface area (TPSA) is 135 Å². The molecule has 0 bridgehead atoms. The number of hydrogen-bond donors (Lipinski definition) is 3. The first-order chi connectivity index (χ1) is 20.8. The van der Waals surface area contributed by atoms with Crippen molar-refractivity contribution in [2.24, 2.45) is 0 Å². The smallest absolute Gasteiger partial charge is 0.163 e. The van der Waals surface area contributed by atoms with Gasteiger partial charge in [0.2, 0.25) is 0 Å². The third-order valence-corrected chi connectivity index (χ3v) is 8.44. The van der Waals surface area contributed by atoms with Crippen molar-refractivity contribution in [2.75, 3.05) is 43.9 Å². The molecule has 4 aromatic rings. The largest absolute Gasteiger partial charge is 0.381 e. The minimum Gasteiger partial charge on any atom is -0.381 e. The first-order valence-electron chi connectivity index (χ1n) is 15.4. The molecule has 0 atom stereocenters. The molecule has 12 heteroatoms. The number of nitrogens with one attached hydrogen (secondary N) is 3. The third kappa shape index (κ3) is 7.07. The van der Waals surface area contributed by atoms with Crippen molar-refractivity contribution in [3.63, 3.8) is 0 Å². The number of nitrogens with zero attached hydrogens (tertiary/aromatic N) is 7. The Morgan fingerprint density at radius 1 is 0.773 bits per heavy atom. The van der Waals surface area contributed by atoms with Crippen LogP contribution >= 0.6 is 0 Å². The van der Waals surface area contributed by atoms with E-state index in [4.69, 9.17) is 0 Å². The van der Waals surface area contributed by atoms with Crippen LogP contribution in [-0.4, -0.2) is 91.3 Å². The number of carbonyl (C=O) groups excluding carboxylic acids is 2. The number of anilines is 2. The van der Waals surface area contributed by atoms with E-state index < -0.39 is 0 Å². The number of carbonyl (C=O) groups is 2. The summed E-state index contributed by atoms with van der Waals surface area (Å²) in [4.78, 5) is 35.1. The Morgan fingerprint density at radius 3 is 1.61 bits per heavy atom. The van der Waals surface area contributed by atoms with E-state index in [1.54, 1.807) is 26.2 Å². The average molecular weight is 605 g/mol. The molecule has 3 N–H and O–H groups in total. The van der Waals surface area contributed by atoms with Crippen LogP contribution in [0.25, 0.3) is 22.1 Å². The molecular formula is C32H48N10O2. The normalized spacial score (nSPS) is 16.3. The molecule has 44 heavy (non-hydrogen) atoms. The number of aryl methyl sites for hydroxylation is 2. The van der Waals surface area contributed by atoms with Crippen molar-refractivity contribution in [2.45, 2.75) is 86.0 Å². The van der Waals surface area contributed by atoms with Gasteiger partial charge in [-0.15, -0.1) is 0 Å². The van der Waals surface area contributed by atoms with E-state index in [0.29, 0.717) is 23.2 Å². The summed E-state index contributed by atoms with van der Waals surface area (Å²) < 4.78 is 3.71. The van der Waals surface area contributed by atoms with Crippen molar-refractivity contribution in [3.8, 4) is 0 Å². The van der Waals surface area contributed by atoms with Crippen molar-refractivity contribution >= 4 is 45.0 Å². The molecule has 0 aromatic carbocycles. The molecule has 2 aliphatic rings. The lowest BCUT2D eigenvalue weighted by atomic mass is 10.0. The first kappa shape index (κ1) is 33.0. The van der Waals surface area contributed by atoms with Gasteiger partial charge >= 0.3 is 0 Å². The van der Waals surface area contributed by atoms with Crippen LogP contribution in [0.15, 0.2) is 24.8 Å². The van der Waals surface area contributed by atoms with Gasteiger partial charge in [0.05, 0.1) is 45.7 Å². The maximum Gasteiger partial charge on any atom is 0.163 e. The van der Waals surface area contributed by atoms with E-state index in [9.17, 15) is 9.59 Å². The molecule has 0 saturated carbocycles. The molecule has 4 aromatic heterocycles. The fourth-order valence-corrected chi connectivity index (χ4v) is 5.89. The molecule has 0 amide bonds. The maximum atomic E-state index is 12.0. The maximum absolute atomic E-state index is 12.0. The Kier molecular flexibility index (Phi) is 11.0. The summed E-state index contributed by atoms with van der Waals surface area (Å²) >= 11 is 0. The molecule has 2 aliphatic heterocycles. The van der Waals surface area contributed by atoms with E-state index in [1.807, 2.05) is 35.6 Å². The Balaban J connectivity index is 0.000000197. The first-order valence-corrected chi connectivity index (χ1v) is 15.4. The quantitative estimate of drug-likeness (QED) is 0.245. The van der Waals surface area contributed by atoms with Crippen LogP contribution in [0, 0.1) is 0 Å². The summed E-state index contributed by atoms with van der Waals surface area (Å²) in [6.07, 6.45) is 11.3. The minimum atomic E-state index is 0. The lowest BCUT2D eigenvalue weighted by Gasteiger charge is -2.30. The summed E-state index contributed by atoms with van der Waals surface area (Å²) in [7, 11) is 2.15. The van der Waals surface area contributed by atoms with E-state index >= 15 is 0 Å². The number of fused-ring (bicyclic) bond motifs is 2. The van der Waals surface area contributed by atoms with Gasteiger partial charge in [-0.05, 0) is 86.6 Å². The monoisotopic (exact) mass is 604 g/mol. The Labute approximate surface area is 260 Å². The second kappa shape index (κ2) is 14.7. The number of piperidine rings is 2. The molecule has 2 saturated heterocycles.